The minimum absolute atomic E-state index is 0.463. The van der Waals surface area contributed by atoms with Crippen LogP contribution in [0.4, 0.5) is 5.95 Å². The molecule has 6 heteroatoms. The molecule has 0 amide bonds. The molecule has 2 N–H and O–H groups in total. The third kappa shape index (κ3) is 2.20. The molecule has 1 atom stereocenters. The average molecular weight is 275 g/mol. The number of aromatic amines is 1. The molecular formula is C14H21N5O. The number of piperazine rings is 1. The number of H-pyrrole nitrogens is 1. The molecule has 1 fully saturated rings. The quantitative estimate of drug-likeness (QED) is 0.874. The summed E-state index contributed by atoms with van der Waals surface area (Å²) in [5.41, 5.74) is 2.16. The molecule has 1 saturated heterocycles. The lowest BCUT2D eigenvalue weighted by molar-refractivity contribution is 0.480. The summed E-state index contributed by atoms with van der Waals surface area (Å²) < 4.78 is 5.66. The van der Waals surface area contributed by atoms with E-state index in [1.165, 1.54) is 0 Å². The molecule has 1 aliphatic heterocycles. The van der Waals surface area contributed by atoms with E-state index in [1.807, 2.05) is 13.8 Å². The predicted molar refractivity (Wildman–Crippen MR) is 78.0 cm³/mol. The summed E-state index contributed by atoms with van der Waals surface area (Å²) in [7, 11) is 0. The number of nitrogens with one attached hydrogen (secondary N) is 2. The van der Waals surface area contributed by atoms with E-state index in [-0.39, 0.29) is 0 Å². The number of aryl methyl sites for hydroxylation is 2. The van der Waals surface area contributed by atoms with E-state index in [9.17, 15) is 0 Å². The van der Waals surface area contributed by atoms with Crippen molar-refractivity contribution in [3.8, 4) is 11.4 Å². The summed E-state index contributed by atoms with van der Waals surface area (Å²) in [4.78, 5) is 6.85. The molecule has 0 saturated carbocycles. The van der Waals surface area contributed by atoms with E-state index < -0.39 is 0 Å². The Morgan fingerprint density at radius 2 is 2.05 bits per heavy atom. The van der Waals surface area contributed by atoms with Crippen LogP contribution in [0.15, 0.2) is 4.42 Å². The van der Waals surface area contributed by atoms with Gasteiger partial charge in [0.25, 0.3) is 0 Å². The Labute approximate surface area is 118 Å². The van der Waals surface area contributed by atoms with Gasteiger partial charge in [-0.3, -0.25) is 5.10 Å². The summed E-state index contributed by atoms with van der Waals surface area (Å²) in [6.45, 7) is 11.0. The third-order valence-electron chi connectivity index (χ3n) is 3.92. The van der Waals surface area contributed by atoms with Gasteiger partial charge < -0.3 is 14.6 Å². The molecule has 3 heterocycles. The van der Waals surface area contributed by atoms with Gasteiger partial charge in [-0.05, 0) is 27.7 Å². The van der Waals surface area contributed by atoms with Gasteiger partial charge in [0.05, 0.1) is 5.56 Å². The maximum Gasteiger partial charge on any atom is 0.245 e. The fourth-order valence-corrected chi connectivity index (χ4v) is 2.76. The van der Waals surface area contributed by atoms with Gasteiger partial charge in [-0.25, -0.2) is 0 Å². The van der Waals surface area contributed by atoms with Crippen LogP contribution in [0.2, 0.25) is 0 Å². The molecule has 6 nitrogen and oxygen atoms in total. The zero-order valence-corrected chi connectivity index (χ0v) is 12.4. The minimum atomic E-state index is 0.463. The Morgan fingerprint density at radius 1 is 1.25 bits per heavy atom. The molecule has 2 aromatic rings. The summed E-state index contributed by atoms with van der Waals surface area (Å²) >= 11 is 0. The predicted octanol–water partition coefficient (Wildman–Crippen LogP) is 1.79. The van der Waals surface area contributed by atoms with E-state index in [0.29, 0.717) is 6.04 Å². The first-order valence-corrected chi connectivity index (χ1v) is 7.04. The van der Waals surface area contributed by atoms with Crippen molar-refractivity contribution in [2.24, 2.45) is 0 Å². The Morgan fingerprint density at radius 3 is 2.70 bits per heavy atom. The molecule has 0 unspecified atom stereocenters. The van der Waals surface area contributed by atoms with Crippen molar-refractivity contribution in [1.29, 1.82) is 0 Å². The highest BCUT2D eigenvalue weighted by molar-refractivity contribution is 5.64. The molecule has 20 heavy (non-hydrogen) atoms. The van der Waals surface area contributed by atoms with Crippen LogP contribution in [-0.2, 0) is 0 Å². The standard InChI is InChI=1S/C14H21N5O/c1-8-7-19(6-5-15-8)14-16-13(17-18-14)12-9(2)10(3)20-11(12)4/h8,15H,5-7H2,1-4H3,(H,16,17,18)/t8-/m0/s1. The summed E-state index contributed by atoms with van der Waals surface area (Å²) in [5, 5.41) is 10.8. The van der Waals surface area contributed by atoms with Crippen LogP contribution in [-0.4, -0.2) is 40.9 Å². The number of hydrogen-bond donors (Lipinski definition) is 2. The largest absolute Gasteiger partial charge is 0.466 e. The van der Waals surface area contributed by atoms with E-state index in [2.05, 4.69) is 39.2 Å². The Balaban J connectivity index is 1.90. The van der Waals surface area contributed by atoms with Gasteiger partial charge in [0.15, 0.2) is 5.82 Å². The first-order valence-electron chi connectivity index (χ1n) is 7.04. The van der Waals surface area contributed by atoms with Crippen molar-refractivity contribution >= 4 is 5.95 Å². The molecular weight excluding hydrogens is 254 g/mol. The number of nitrogens with zero attached hydrogens (tertiary/aromatic N) is 3. The Kier molecular flexibility index (Phi) is 3.25. The van der Waals surface area contributed by atoms with Crippen molar-refractivity contribution in [2.45, 2.75) is 33.7 Å². The van der Waals surface area contributed by atoms with Gasteiger partial charge in [0.1, 0.15) is 11.5 Å². The zero-order valence-electron chi connectivity index (χ0n) is 12.4. The minimum Gasteiger partial charge on any atom is -0.466 e. The monoisotopic (exact) mass is 275 g/mol. The smallest absolute Gasteiger partial charge is 0.245 e. The second-order valence-corrected chi connectivity index (χ2v) is 5.50. The maximum atomic E-state index is 5.66. The lowest BCUT2D eigenvalue weighted by Crippen LogP contribution is -2.49. The number of rotatable bonds is 2. The van der Waals surface area contributed by atoms with Gasteiger partial charge in [-0.2, -0.15) is 4.98 Å². The molecule has 0 aromatic carbocycles. The molecule has 2 aromatic heterocycles. The van der Waals surface area contributed by atoms with Crippen molar-refractivity contribution in [2.75, 3.05) is 24.5 Å². The second kappa shape index (κ2) is 4.94. The van der Waals surface area contributed by atoms with Crippen molar-refractivity contribution in [3.05, 3.63) is 17.1 Å². The maximum absolute atomic E-state index is 5.66. The van der Waals surface area contributed by atoms with E-state index in [0.717, 1.165) is 54.1 Å². The lowest BCUT2D eigenvalue weighted by atomic mass is 10.1. The van der Waals surface area contributed by atoms with Crippen molar-refractivity contribution in [3.63, 3.8) is 0 Å². The molecule has 0 spiro atoms. The zero-order chi connectivity index (χ0) is 14.3. The molecule has 108 valence electrons. The molecule has 3 rings (SSSR count). The molecule has 0 bridgehead atoms. The van der Waals surface area contributed by atoms with Gasteiger partial charge in [-0.1, -0.05) is 0 Å². The fraction of sp³-hybridized carbons (Fsp3) is 0.571. The van der Waals surface area contributed by atoms with Crippen molar-refractivity contribution < 1.29 is 4.42 Å². The lowest BCUT2D eigenvalue weighted by Gasteiger charge is -2.30. The van der Waals surface area contributed by atoms with E-state index >= 15 is 0 Å². The van der Waals surface area contributed by atoms with Crippen LogP contribution < -0.4 is 10.2 Å². The van der Waals surface area contributed by atoms with Crippen LogP contribution >= 0.6 is 0 Å². The van der Waals surface area contributed by atoms with Crippen LogP contribution in [0, 0.1) is 20.8 Å². The molecule has 0 radical (unpaired) electrons. The first kappa shape index (κ1) is 13.2. The van der Waals surface area contributed by atoms with Crippen LogP contribution in [0.1, 0.15) is 24.0 Å². The SMILES string of the molecule is Cc1oc(C)c(-c2nc(N3CCN[C@@H](C)C3)n[nH]2)c1C. The highest BCUT2D eigenvalue weighted by atomic mass is 16.3. The van der Waals surface area contributed by atoms with Gasteiger partial charge in [0.2, 0.25) is 5.95 Å². The number of anilines is 1. The summed E-state index contributed by atoms with van der Waals surface area (Å²) in [6.07, 6.45) is 0. The van der Waals surface area contributed by atoms with Crippen LogP contribution in [0.5, 0.6) is 0 Å². The number of aromatic nitrogens is 3. The fourth-order valence-electron chi connectivity index (χ4n) is 2.76. The third-order valence-corrected chi connectivity index (χ3v) is 3.92. The number of furan rings is 1. The topological polar surface area (TPSA) is 70.0 Å². The second-order valence-electron chi connectivity index (χ2n) is 5.50. The van der Waals surface area contributed by atoms with Crippen molar-refractivity contribution in [1.82, 2.24) is 20.5 Å². The van der Waals surface area contributed by atoms with Gasteiger partial charge >= 0.3 is 0 Å². The van der Waals surface area contributed by atoms with Crippen LogP contribution in [0.25, 0.3) is 11.4 Å². The number of hydrogen-bond acceptors (Lipinski definition) is 5. The normalized spacial score (nSPS) is 19.6. The molecule has 0 aliphatic carbocycles. The first-order chi connectivity index (χ1) is 9.56. The van der Waals surface area contributed by atoms with E-state index in [1.54, 1.807) is 0 Å². The highest BCUT2D eigenvalue weighted by Crippen LogP contribution is 2.29. The summed E-state index contributed by atoms with van der Waals surface area (Å²) in [5.74, 6) is 3.38. The average Bonchev–Trinajstić information content (AvgIpc) is 2.96. The van der Waals surface area contributed by atoms with E-state index in [4.69, 9.17) is 4.42 Å². The Hall–Kier alpha value is -1.82. The van der Waals surface area contributed by atoms with Crippen LogP contribution in [0.3, 0.4) is 0 Å². The molecule has 1 aliphatic rings. The van der Waals surface area contributed by atoms with Gasteiger partial charge in [-0.15, -0.1) is 5.10 Å². The highest BCUT2D eigenvalue weighted by Gasteiger charge is 2.22. The summed E-state index contributed by atoms with van der Waals surface area (Å²) in [6, 6.07) is 0.463. The Bertz CT molecular complexity index is 615. The van der Waals surface area contributed by atoms with Gasteiger partial charge in [0, 0.05) is 31.2 Å².